The van der Waals surface area contributed by atoms with Crippen LogP contribution >= 0.6 is 0 Å². The lowest BCUT2D eigenvalue weighted by Gasteiger charge is -2.43. The molecule has 35 heavy (non-hydrogen) atoms. The molecule has 6 N–H and O–H groups in total. The maximum atomic E-state index is 12.8. The number of aromatic hydroxyl groups is 1. The molecule has 1 heterocycles. The summed E-state index contributed by atoms with van der Waals surface area (Å²) >= 11 is 0. The van der Waals surface area contributed by atoms with E-state index in [-0.39, 0.29) is 17.1 Å². The maximum Gasteiger partial charge on any atom is 0.342 e. The number of fused-ring (bicyclic) bond motifs is 1. The Bertz CT molecular complexity index is 1190. The summed E-state index contributed by atoms with van der Waals surface area (Å²) in [4.78, 5) is 36.9. The molecular weight excluding hydrogens is 454 g/mol. The summed E-state index contributed by atoms with van der Waals surface area (Å²) in [7, 11) is 0. The molecule has 186 valence electrons. The number of nitrogens with one attached hydrogen (secondary N) is 3. The van der Waals surface area contributed by atoms with Crippen molar-refractivity contribution in [2.24, 2.45) is 0 Å². The van der Waals surface area contributed by atoms with Crippen LogP contribution in [0.15, 0.2) is 42.5 Å². The van der Waals surface area contributed by atoms with Crippen molar-refractivity contribution in [3.05, 3.63) is 59.2 Å². The summed E-state index contributed by atoms with van der Waals surface area (Å²) in [6.45, 7) is 5.35. The molecule has 10 nitrogen and oxygen atoms in total. The molecule has 1 aliphatic heterocycles. The Hall–Kier alpha value is -3.63. The summed E-state index contributed by atoms with van der Waals surface area (Å²) in [5.74, 6) is -1.30. The number of urea groups is 1. The number of carbonyl (C=O) groups is 3. The van der Waals surface area contributed by atoms with Gasteiger partial charge in [-0.3, -0.25) is 4.79 Å². The van der Waals surface area contributed by atoms with Crippen LogP contribution in [0.25, 0.3) is 0 Å². The van der Waals surface area contributed by atoms with Crippen molar-refractivity contribution < 1.29 is 34.4 Å². The summed E-state index contributed by atoms with van der Waals surface area (Å²) < 4.78 is 5.44. The average Bonchev–Trinajstić information content (AvgIpc) is 3.15. The van der Waals surface area contributed by atoms with Crippen LogP contribution in [0.1, 0.15) is 47.1 Å². The lowest BCUT2D eigenvalue weighted by molar-refractivity contribution is -0.168. The van der Waals surface area contributed by atoms with Gasteiger partial charge in [0.2, 0.25) is 0 Å². The Morgan fingerprint density at radius 1 is 1.14 bits per heavy atom. The fourth-order valence-electron chi connectivity index (χ4n) is 5.11. The molecule has 10 heteroatoms. The largest absolute Gasteiger partial charge is 0.507 e. The van der Waals surface area contributed by atoms with E-state index in [1.807, 2.05) is 0 Å². The molecular formula is C25H29N3O7. The number of ketones is 1. The van der Waals surface area contributed by atoms with Crippen molar-refractivity contribution >= 4 is 23.5 Å². The fourth-order valence-corrected chi connectivity index (χ4v) is 5.11. The third-order valence-electron chi connectivity index (χ3n) is 7.45. The molecule has 0 bridgehead atoms. The predicted molar refractivity (Wildman–Crippen MR) is 126 cm³/mol. The van der Waals surface area contributed by atoms with E-state index in [1.165, 1.54) is 19.9 Å². The van der Waals surface area contributed by atoms with Crippen molar-refractivity contribution in [2.75, 3.05) is 11.9 Å². The van der Waals surface area contributed by atoms with Gasteiger partial charge in [-0.05, 0) is 51.5 Å². The number of phenols is 1. The topological polar surface area (TPSA) is 157 Å². The van der Waals surface area contributed by atoms with Crippen LogP contribution in [0.2, 0.25) is 0 Å². The first-order chi connectivity index (χ1) is 16.3. The first kappa shape index (κ1) is 24.5. The number of phenolic OH excluding ortho intramolecular Hbond substituents is 1. The molecule has 2 amide bonds. The molecule has 1 saturated carbocycles. The molecule has 0 spiro atoms. The van der Waals surface area contributed by atoms with E-state index in [1.54, 1.807) is 50.2 Å². The molecule has 0 radical (unpaired) electrons. The van der Waals surface area contributed by atoms with Gasteiger partial charge in [-0.2, -0.15) is 0 Å². The van der Waals surface area contributed by atoms with Gasteiger partial charge in [0.25, 0.3) is 0 Å². The number of Topliss-reactive ketones (excluding diaryl/α,β-unsaturated/α-hetero) is 1. The smallest absolute Gasteiger partial charge is 0.342 e. The number of carbonyl (C=O) groups excluding carboxylic acids is 3. The Kier molecular flexibility index (Phi) is 5.77. The van der Waals surface area contributed by atoms with Gasteiger partial charge < -0.3 is 36.0 Å². The maximum absolute atomic E-state index is 12.8. The summed E-state index contributed by atoms with van der Waals surface area (Å²) in [5, 5.41) is 42.2. The van der Waals surface area contributed by atoms with E-state index < -0.39 is 47.4 Å². The van der Waals surface area contributed by atoms with E-state index in [2.05, 4.69) is 16.0 Å². The number of aryl methyl sites for hydroxylation is 1. The number of amides is 2. The van der Waals surface area contributed by atoms with Crippen molar-refractivity contribution in [1.82, 2.24) is 10.6 Å². The van der Waals surface area contributed by atoms with Gasteiger partial charge in [-0.1, -0.05) is 24.3 Å². The van der Waals surface area contributed by atoms with E-state index in [4.69, 9.17) is 4.74 Å². The zero-order valence-corrected chi connectivity index (χ0v) is 19.9. The highest BCUT2D eigenvalue weighted by molar-refractivity contribution is 5.95. The van der Waals surface area contributed by atoms with Gasteiger partial charge in [0.15, 0.2) is 11.4 Å². The number of ether oxygens (including phenoxy) is 1. The quantitative estimate of drug-likeness (QED) is 0.266. The molecule has 2 fully saturated rings. The SMILES string of the molecule is CC(=O)c1cccc(N[C@@H]2[C@H]3NC(=O)N[C@]3(C)[C@@](C)(O)[C@]2(O)COC(=O)c2c(C)cccc2O)c1. The standard InChI is InChI=1S/C25H29N3O7/c1-13-7-5-10-17(30)18(13)21(31)35-12-25(34)20(26-16-9-6-8-15(11-16)14(2)29)19-23(3,24(25,4)33)28-22(32)27-19/h5-11,19-20,26,30,33-34H,12H2,1-4H3,(H2,27,28,32)/t19-,20-,23+,24-,25+/m1/s1. The zero-order valence-electron chi connectivity index (χ0n) is 19.9. The Balaban J connectivity index is 1.70. The second-order valence-electron chi connectivity index (χ2n) is 9.58. The van der Waals surface area contributed by atoms with Crippen LogP contribution in [0.4, 0.5) is 10.5 Å². The molecule has 4 rings (SSSR count). The molecule has 0 aromatic heterocycles. The lowest BCUT2D eigenvalue weighted by Crippen LogP contribution is -2.67. The normalized spacial score (nSPS) is 31.3. The van der Waals surface area contributed by atoms with Crippen molar-refractivity contribution in [2.45, 2.75) is 56.5 Å². The number of aliphatic hydroxyl groups is 2. The number of hydrogen-bond acceptors (Lipinski definition) is 8. The van der Waals surface area contributed by atoms with Gasteiger partial charge in [-0.25, -0.2) is 9.59 Å². The monoisotopic (exact) mass is 483 g/mol. The van der Waals surface area contributed by atoms with Gasteiger partial charge in [0.05, 0.1) is 17.6 Å². The highest BCUT2D eigenvalue weighted by atomic mass is 16.5. The van der Waals surface area contributed by atoms with Crippen LogP contribution < -0.4 is 16.0 Å². The second kappa shape index (κ2) is 8.24. The minimum atomic E-state index is -2.10. The van der Waals surface area contributed by atoms with Crippen molar-refractivity contribution in [1.29, 1.82) is 0 Å². The average molecular weight is 484 g/mol. The highest BCUT2D eigenvalue weighted by Gasteiger charge is 2.75. The van der Waals surface area contributed by atoms with Gasteiger partial charge in [0, 0.05) is 11.3 Å². The molecule has 1 saturated heterocycles. The van der Waals surface area contributed by atoms with Crippen molar-refractivity contribution in [3.8, 4) is 5.75 Å². The third-order valence-corrected chi connectivity index (χ3v) is 7.45. The van der Waals surface area contributed by atoms with Crippen LogP contribution in [-0.4, -0.2) is 68.5 Å². The molecule has 5 atom stereocenters. The van der Waals surface area contributed by atoms with E-state index >= 15 is 0 Å². The van der Waals surface area contributed by atoms with Crippen LogP contribution in [0.3, 0.4) is 0 Å². The van der Waals surface area contributed by atoms with E-state index in [0.717, 1.165) is 0 Å². The molecule has 1 aliphatic carbocycles. The molecule has 2 aromatic carbocycles. The summed E-state index contributed by atoms with van der Waals surface area (Å²) in [6.07, 6.45) is 0. The van der Waals surface area contributed by atoms with Gasteiger partial charge in [0.1, 0.15) is 23.5 Å². The van der Waals surface area contributed by atoms with Crippen LogP contribution in [0, 0.1) is 6.92 Å². The van der Waals surface area contributed by atoms with Crippen LogP contribution in [-0.2, 0) is 4.74 Å². The molecule has 2 aromatic rings. The number of rotatable bonds is 6. The molecule has 2 aliphatic rings. The van der Waals surface area contributed by atoms with Crippen LogP contribution in [0.5, 0.6) is 5.75 Å². The summed E-state index contributed by atoms with van der Waals surface area (Å²) in [5.41, 5.74) is -4.10. The number of hydrogen-bond donors (Lipinski definition) is 6. The van der Waals surface area contributed by atoms with Crippen molar-refractivity contribution in [3.63, 3.8) is 0 Å². The third kappa shape index (κ3) is 3.69. The number of esters is 1. The van der Waals surface area contributed by atoms with E-state index in [9.17, 15) is 29.7 Å². The predicted octanol–water partition coefficient (Wildman–Crippen LogP) is 1.48. The summed E-state index contributed by atoms with van der Waals surface area (Å²) in [6, 6.07) is 8.76. The Morgan fingerprint density at radius 3 is 2.49 bits per heavy atom. The van der Waals surface area contributed by atoms with E-state index in [0.29, 0.717) is 16.8 Å². The zero-order chi connectivity index (χ0) is 25.8. The van der Waals surface area contributed by atoms with Gasteiger partial charge >= 0.3 is 12.0 Å². The van der Waals surface area contributed by atoms with Gasteiger partial charge in [-0.15, -0.1) is 0 Å². The minimum Gasteiger partial charge on any atom is -0.507 e. The number of benzene rings is 2. The lowest BCUT2D eigenvalue weighted by atomic mass is 9.78. The number of anilines is 1. The highest BCUT2D eigenvalue weighted by Crippen LogP contribution is 2.49. The fraction of sp³-hybridized carbons (Fsp3) is 0.400. The molecule has 0 unspecified atom stereocenters. The second-order valence-corrected chi connectivity index (χ2v) is 9.58. The Labute approximate surface area is 202 Å². The first-order valence-electron chi connectivity index (χ1n) is 11.2. The minimum absolute atomic E-state index is 0.0507. The first-order valence-corrected chi connectivity index (χ1v) is 11.2. The Morgan fingerprint density at radius 2 is 1.83 bits per heavy atom.